The summed E-state index contributed by atoms with van der Waals surface area (Å²) in [5, 5.41) is 4.31. The number of hydrogen-bond acceptors (Lipinski definition) is 2. The average Bonchev–Trinajstić information content (AvgIpc) is 2.90. The molecule has 0 saturated carbocycles. The molecule has 0 aliphatic carbocycles. The Morgan fingerprint density at radius 1 is 1.47 bits per heavy atom. The molecule has 1 aliphatic heterocycles. The molecule has 0 radical (unpaired) electrons. The second-order valence-electron chi connectivity index (χ2n) is 4.70. The van der Waals surface area contributed by atoms with Gasteiger partial charge < -0.3 is 10.6 Å². The van der Waals surface area contributed by atoms with E-state index >= 15 is 0 Å². The van der Waals surface area contributed by atoms with E-state index in [4.69, 9.17) is 5.73 Å². The summed E-state index contributed by atoms with van der Waals surface area (Å²) in [7, 11) is 0. The number of piperidine rings is 1. The van der Waals surface area contributed by atoms with Gasteiger partial charge in [0.1, 0.15) is 0 Å². The topological polar surface area (TPSA) is 41.6 Å². The Balaban J connectivity index is 1.86. The van der Waals surface area contributed by atoms with Gasteiger partial charge in [0, 0.05) is 25.6 Å². The summed E-state index contributed by atoms with van der Waals surface area (Å²) < 4.78 is 0. The zero-order chi connectivity index (χ0) is 12.1. The van der Waals surface area contributed by atoms with Crippen LogP contribution in [-0.2, 0) is 0 Å². The molecular weight excluding hydrogens is 230 g/mol. The van der Waals surface area contributed by atoms with Crippen molar-refractivity contribution in [2.45, 2.75) is 32.1 Å². The Morgan fingerprint density at radius 3 is 2.88 bits per heavy atom. The molecule has 17 heavy (non-hydrogen) atoms. The maximum absolute atomic E-state index is 6.03. The van der Waals surface area contributed by atoms with Crippen molar-refractivity contribution in [3.8, 4) is 0 Å². The lowest BCUT2D eigenvalue weighted by Gasteiger charge is -2.27. The van der Waals surface area contributed by atoms with Gasteiger partial charge in [-0.3, -0.25) is 4.99 Å². The van der Waals surface area contributed by atoms with Crippen LogP contribution >= 0.6 is 11.3 Å². The van der Waals surface area contributed by atoms with Crippen LogP contribution in [0.4, 0.5) is 0 Å². The van der Waals surface area contributed by atoms with E-state index < -0.39 is 0 Å². The Bertz CT molecular complexity index is 353. The van der Waals surface area contributed by atoms with Crippen molar-refractivity contribution < 1.29 is 0 Å². The zero-order valence-corrected chi connectivity index (χ0v) is 11.2. The third kappa shape index (κ3) is 3.46. The first kappa shape index (κ1) is 12.4. The summed E-state index contributed by atoms with van der Waals surface area (Å²) in [6.45, 7) is 5.14. The standard InChI is InChI=1S/C13H21N3S/c1-11(12-5-8-17-10-12)9-15-13(14)16-6-3-2-4-7-16/h5,8,10-11H,2-4,6-7,9H2,1H3,(H2,14,15). The molecule has 2 heterocycles. The van der Waals surface area contributed by atoms with Crippen LogP contribution in [0.15, 0.2) is 21.8 Å². The van der Waals surface area contributed by atoms with Crippen LogP contribution in [0.3, 0.4) is 0 Å². The molecule has 0 aromatic carbocycles. The van der Waals surface area contributed by atoms with Gasteiger partial charge in [-0.25, -0.2) is 0 Å². The number of rotatable bonds is 3. The first-order chi connectivity index (χ1) is 8.27. The molecule has 1 fully saturated rings. The summed E-state index contributed by atoms with van der Waals surface area (Å²) in [6.07, 6.45) is 3.82. The van der Waals surface area contributed by atoms with E-state index in [0.29, 0.717) is 5.92 Å². The summed E-state index contributed by atoms with van der Waals surface area (Å²) in [5.41, 5.74) is 7.39. The first-order valence-corrected chi connectivity index (χ1v) is 7.28. The average molecular weight is 251 g/mol. The van der Waals surface area contributed by atoms with Gasteiger partial charge in [0.25, 0.3) is 0 Å². The third-order valence-corrected chi connectivity index (χ3v) is 4.02. The van der Waals surface area contributed by atoms with Crippen LogP contribution in [0.5, 0.6) is 0 Å². The van der Waals surface area contributed by atoms with Gasteiger partial charge in [-0.15, -0.1) is 0 Å². The maximum atomic E-state index is 6.03. The lowest BCUT2D eigenvalue weighted by molar-refractivity contribution is 0.338. The smallest absolute Gasteiger partial charge is 0.191 e. The molecule has 94 valence electrons. The van der Waals surface area contributed by atoms with Crippen molar-refractivity contribution in [1.82, 2.24) is 4.90 Å². The quantitative estimate of drug-likeness (QED) is 0.663. The van der Waals surface area contributed by atoms with E-state index in [0.717, 1.165) is 25.6 Å². The van der Waals surface area contributed by atoms with E-state index in [1.807, 2.05) is 0 Å². The predicted molar refractivity (Wildman–Crippen MR) is 74.6 cm³/mol. The fourth-order valence-corrected chi connectivity index (χ4v) is 2.90. The van der Waals surface area contributed by atoms with Crippen LogP contribution in [0, 0.1) is 0 Å². The fourth-order valence-electron chi connectivity index (χ4n) is 2.11. The summed E-state index contributed by atoms with van der Waals surface area (Å²) in [4.78, 5) is 6.74. The predicted octanol–water partition coefficient (Wildman–Crippen LogP) is 2.65. The van der Waals surface area contributed by atoms with Crippen molar-refractivity contribution in [2.24, 2.45) is 10.7 Å². The second kappa shape index (κ2) is 6.05. The molecule has 1 aromatic heterocycles. The molecule has 0 spiro atoms. The van der Waals surface area contributed by atoms with Gasteiger partial charge in [0.05, 0.1) is 0 Å². The SMILES string of the molecule is CC(CN=C(N)N1CCCCC1)c1ccsc1. The number of nitrogens with two attached hydrogens (primary N) is 1. The molecule has 1 unspecified atom stereocenters. The van der Waals surface area contributed by atoms with Gasteiger partial charge in [-0.05, 0) is 41.7 Å². The highest BCUT2D eigenvalue weighted by Crippen LogP contribution is 2.18. The van der Waals surface area contributed by atoms with E-state index in [-0.39, 0.29) is 0 Å². The zero-order valence-electron chi connectivity index (χ0n) is 10.4. The molecule has 1 atom stereocenters. The Kier molecular flexibility index (Phi) is 4.42. The van der Waals surface area contributed by atoms with E-state index in [1.54, 1.807) is 11.3 Å². The van der Waals surface area contributed by atoms with Crippen LogP contribution in [0.1, 0.15) is 37.7 Å². The highest BCUT2D eigenvalue weighted by atomic mass is 32.1. The number of hydrogen-bond donors (Lipinski definition) is 1. The van der Waals surface area contributed by atoms with E-state index in [2.05, 4.69) is 33.6 Å². The van der Waals surface area contributed by atoms with Crippen LogP contribution in [0.2, 0.25) is 0 Å². The number of thiophene rings is 1. The first-order valence-electron chi connectivity index (χ1n) is 6.34. The van der Waals surface area contributed by atoms with Gasteiger partial charge in [-0.1, -0.05) is 6.92 Å². The number of likely N-dealkylation sites (tertiary alicyclic amines) is 1. The number of aliphatic imine (C=N–C) groups is 1. The Labute approximate surface area is 107 Å². The monoisotopic (exact) mass is 251 g/mol. The van der Waals surface area contributed by atoms with Crippen molar-refractivity contribution >= 4 is 17.3 Å². The molecule has 0 amide bonds. The highest BCUT2D eigenvalue weighted by molar-refractivity contribution is 7.07. The fraction of sp³-hybridized carbons (Fsp3) is 0.615. The summed E-state index contributed by atoms with van der Waals surface area (Å²) in [6, 6.07) is 2.17. The van der Waals surface area contributed by atoms with Crippen molar-refractivity contribution in [3.63, 3.8) is 0 Å². The summed E-state index contributed by atoms with van der Waals surface area (Å²) >= 11 is 1.74. The van der Waals surface area contributed by atoms with Crippen LogP contribution < -0.4 is 5.73 Å². The molecule has 1 aromatic rings. The molecule has 1 saturated heterocycles. The molecule has 4 heteroatoms. The third-order valence-electron chi connectivity index (χ3n) is 3.32. The summed E-state index contributed by atoms with van der Waals surface area (Å²) in [5.74, 6) is 1.19. The molecule has 2 rings (SSSR count). The van der Waals surface area contributed by atoms with Gasteiger partial charge >= 0.3 is 0 Å². The largest absolute Gasteiger partial charge is 0.370 e. The number of guanidine groups is 1. The van der Waals surface area contributed by atoms with Crippen LogP contribution in [-0.4, -0.2) is 30.5 Å². The minimum atomic E-state index is 0.463. The molecule has 0 bridgehead atoms. The normalized spacial score (nSPS) is 19.4. The minimum Gasteiger partial charge on any atom is -0.370 e. The van der Waals surface area contributed by atoms with E-state index in [1.165, 1.54) is 24.8 Å². The Morgan fingerprint density at radius 2 is 2.24 bits per heavy atom. The van der Waals surface area contributed by atoms with Crippen molar-refractivity contribution in [2.75, 3.05) is 19.6 Å². The van der Waals surface area contributed by atoms with Gasteiger partial charge in [0.2, 0.25) is 0 Å². The lowest BCUT2D eigenvalue weighted by Crippen LogP contribution is -2.41. The lowest BCUT2D eigenvalue weighted by atomic mass is 10.1. The van der Waals surface area contributed by atoms with E-state index in [9.17, 15) is 0 Å². The Hall–Kier alpha value is -1.03. The van der Waals surface area contributed by atoms with Crippen molar-refractivity contribution in [1.29, 1.82) is 0 Å². The molecule has 2 N–H and O–H groups in total. The van der Waals surface area contributed by atoms with Gasteiger partial charge in [-0.2, -0.15) is 11.3 Å². The molecular formula is C13H21N3S. The van der Waals surface area contributed by atoms with Gasteiger partial charge in [0.15, 0.2) is 5.96 Å². The molecule has 1 aliphatic rings. The maximum Gasteiger partial charge on any atom is 0.191 e. The second-order valence-corrected chi connectivity index (χ2v) is 5.48. The molecule has 3 nitrogen and oxygen atoms in total. The highest BCUT2D eigenvalue weighted by Gasteiger charge is 2.12. The van der Waals surface area contributed by atoms with Crippen molar-refractivity contribution in [3.05, 3.63) is 22.4 Å². The minimum absolute atomic E-state index is 0.463. The van der Waals surface area contributed by atoms with Crippen LogP contribution in [0.25, 0.3) is 0 Å². The number of nitrogens with zero attached hydrogens (tertiary/aromatic N) is 2.